The fraction of sp³-hybridized carbons (Fsp3) is 0.900. The predicted molar refractivity (Wildman–Crippen MR) is 85.6 cm³/mol. The van der Waals surface area contributed by atoms with E-state index in [2.05, 4.69) is 20.8 Å². The molecule has 4 rings (SSSR count). The molecule has 0 aliphatic heterocycles. The van der Waals surface area contributed by atoms with Gasteiger partial charge in [0.05, 0.1) is 0 Å². The van der Waals surface area contributed by atoms with E-state index in [0.29, 0.717) is 10.8 Å². The minimum Gasteiger partial charge on any atom is -0.0735 e. The average Bonchev–Trinajstić information content (AvgIpc) is 2.79. The lowest BCUT2D eigenvalue weighted by Crippen LogP contribution is -2.48. The molecule has 3 saturated carbocycles. The van der Waals surface area contributed by atoms with Gasteiger partial charge in [0.15, 0.2) is 0 Å². The highest BCUT2D eigenvalue weighted by molar-refractivity contribution is 5.38. The van der Waals surface area contributed by atoms with Crippen LogP contribution in [0.2, 0.25) is 0 Å². The molecule has 0 N–H and O–H groups in total. The van der Waals surface area contributed by atoms with Gasteiger partial charge in [0.25, 0.3) is 0 Å². The zero-order valence-corrected chi connectivity index (χ0v) is 13.8. The Morgan fingerprint density at radius 2 is 1.70 bits per heavy atom. The molecule has 0 heteroatoms. The van der Waals surface area contributed by atoms with E-state index < -0.39 is 0 Å². The summed E-state index contributed by atoms with van der Waals surface area (Å²) >= 11 is 0. The van der Waals surface area contributed by atoms with Crippen LogP contribution in [0, 0.1) is 28.6 Å². The van der Waals surface area contributed by atoms with E-state index in [1.54, 1.807) is 24.8 Å². The summed E-state index contributed by atoms with van der Waals surface area (Å²) in [5, 5.41) is 0. The van der Waals surface area contributed by atoms with Crippen molar-refractivity contribution in [3.8, 4) is 0 Å². The molecule has 1 spiro atoms. The van der Waals surface area contributed by atoms with Crippen LogP contribution in [0.1, 0.15) is 85.0 Å². The van der Waals surface area contributed by atoms with Crippen molar-refractivity contribution in [1.29, 1.82) is 0 Å². The summed E-state index contributed by atoms with van der Waals surface area (Å²) in [6.07, 6.45) is 15.1. The van der Waals surface area contributed by atoms with Crippen molar-refractivity contribution in [2.75, 3.05) is 0 Å². The second kappa shape index (κ2) is 4.37. The van der Waals surface area contributed by atoms with Gasteiger partial charge >= 0.3 is 0 Å². The third-order valence-electron chi connectivity index (χ3n) is 8.25. The van der Waals surface area contributed by atoms with E-state index in [1.165, 1.54) is 44.9 Å². The van der Waals surface area contributed by atoms with E-state index in [-0.39, 0.29) is 0 Å². The minimum atomic E-state index is 0.584. The Morgan fingerprint density at radius 3 is 2.45 bits per heavy atom. The third kappa shape index (κ3) is 1.49. The van der Waals surface area contributed by atoms with Crippen LogP contribution in [0.3, 0.4) is 0 Å². The summed E-state index contributed by atoms with van der Waals surface area (Å²) in [5.74, 6) is 3.08. The van der Waals surface area contributed by atoms with Gasteiger partial charge in [-0.05, 0) is 62.2 Å². The first-order valence-corrected chi connectivity index (χ1v) is 9.26. The molecule has 3 atom stereocenters. The number of hydrogen-bond acceptors (Lipinski definition) is 0. The highest BCUT2D eigenvalue weighted by Gasteiger charge is 2.65. The molecule has 2 bridgehead atoms. The normalized spacial score (nSPS) is 44.0. The molecular weight excluding hydrogens is 240 g/mol. The molecule has 0 radical (unpaired) electrons. The SMILES string of the molecule is CC1=C2CC3CCC(C4CCCCC4)C2(CC1)C3(C)C. The topological polar surface area (TPSA) is 0 Å². The maximum Gasteiger partial charge on any atom is 0.000234 e. The maximum atomic E-state index is 2.64. The molecule has 3 unspecified atom stereocenters. The first-order chi connectivity index (χ1) is 9.57. The number of allylic oxidation sites excluding steroid dienone is 2. The molecule has 112 valence electrons. The van der Waals surface area contributed by atoms with Gasteiger partial charge in [0.2, 0.25) is 0 Å². The van der Waals surface area contributed by atoms with E-state index in [9.17, 15) is 0 Å². The van der Waals surface area contributed by atoms with Crippen LogP contribution in [-0.4, -0.2) is 0 Å². The molecule has 3 fully saturated rings. The standard InChI is InChI=1S/C20H32/c1-14-11-12-20-17(15-7-5-4-6-8-15)10-9-16(13-18(14)20)19(20,2)3/h15-17H,4-13H2,1-3H3. The Labute approximate surface area is 125 Å². The Kier molecular flexibility index (Phi) is 2.93. The van der Waals surface area contributed by atoms with E-state index in [4.69, 9.17) is 0 Å². The van der Waals surface area contributed by atoms with Crippen molar-refractivity contribution in [3.05, 3.63) is 11.1 Å². The van der Waals surface area contributed by atoms with Gasteiger partial charge in [-0.3, -0.25) is 0 Å². The molecule has 0 aromatic heterocycles. The smallest absolute Gasteiger partial charge is 0.000234 e. The number of hydrogen-bond donors (Lipinski definition) is 0. The van der Waals surface area contributed by atoms with Crippen molar-refractivity contribution in [3.63, 3.8) is 0 Å². The molecule has 0 heterocycles. The second-order valence-corrected chi connectivity index (χ2v) is 8.93. The van der Waals surface area contributed by atoms with Crippen LogP contribution < -0.4 is 0 Å². The Balaban J connectivity index is 1.77. The lowest BCUT2D eigenvalue weighted by atomic mass is 9.49. The molecule has 0 amide bonds. The van der Waals surface area contributed by atoms with Gasteiger partial charge in [-0.25, -0.2) is 0 Å². The van der Waals surface area contributed by atoms with Crippen LogP contribution in [0.15, 0.2) is 11.1 Å². The van der Waals surface area contributed by atoms with Gasteiger partial charge in [-0.15, -0.1) is 0 Å². The van der Waals surface area contributed by atoms with E-state index >= 15 is 0 Å². The first-order valence-electron chi connectivity index (χ1n) is 9.26. The zero-order chi connectivity index (χ0) is 14.0. The lowest BCUT2D eigenvalue weighted by molar-refractivity contribution is -0.0484. The molecular formula is C20H32. The third-order valence-corrected chi connectivity index (χ3v) is 8.25. The summed E-state index contributed by atoms with van der Waals surface area (Å²) in [6, 6.07) is 0. The van der Waals surface area contributed by atoms with Gasteiger partial charge in [-0.2, -0.15) is 0 Å². The molecule has 0 saturated heterocycles. The summed E-state index contributed by atoms with van der Waals surface area (Å²) < 4.78 is 0. The number of fused-ring (bicyclic) bond motifs is 1. The van der Waals surface area contributed by atoms with Crippen LogP contribution in [-0.2, 0) is 0 Å². The summed E-state index contributed by atoms with van der Waals surface area (Å²) in [7, 11) is 0. The van der Waals surface area contributed by atoms with Crippen molar-refractivity contribution >= 4 is 0 Å². The fourth-order valence-electron chi connectivity index (χ4n) is 7.15. The maximum absolute atomic E-state index is 2.64. The molecule has 0 nitrogen and oxygen atoms in total. The summed E-state index contributed by atoms with van der Waals surface area (Å²) in [4.78, 5) is 0. The first kappa shape index (κ1) is 13.4. The monoisotopic (exact) mass is 272 g/mol. The van der Waals surface area contributed by atoms with Gasteiger partial charge in [-0.1, -0.05) is 57.1 Å². The van der Waals surface area contributed by atoms with Crippen molar-refractivity contribution in [2.24, 2.45) is 28.6 Å². The molecule has 4 aliphatic rings. The minimum absolute atomic E-state index is 0.584. The van der Waals surface area contributed by atoms with Crippen LogP contribution in [0.25, 0.3) is 0 Å². The van der Waals surface area contributed by atoms with Gasteiger partial charge in [0, 0.05) is 5.41 Å². The molecule has 4 aliphatic carbocycles. The molecule has 20 heavy (non-hydrogen) atoms. The number of rotatable bonds is 1. The van der Waals surface area contributed by atoms with E-state index in [0.717, 1.165) is 17.8 Å². The van der Waals surface area contributed by atoms with Crippen molar-refractivity contribution in [2.45, 2.75) is 85.0 Å². The highest BCUT2D eigenvalue weighted by Crippen LogP contribution is 2.74. The largest absolute Gasteiger partial charge is 0.0735 e. The Hall–Kier alpha value is -0.260. The summed E-state index contributed by atoms with van der Waals surface area (Å²) in [6.45, 7) is 7.73. The Morgan fingerprint density at radius 1 is 0.950 bits per heavy atom. The second-order valence-electron chi connectivity index (χ2n) is 8.93. The quantitative estimate of drug-likeness (QED) is 0.504. The van der Waals surface area contributed by atoms with Crippen LogP contribution in [0.4, 0.5) is 0 Å². The average molecular weight is 272 g/mol. The zero-order valence-electron chi connectivity index (χ0n) is 13.8. The van der Waals surface area contributed by atoms with Crippen molar-refractivity contribution < 1.29 is 0 Å². The summed E-state index contributed by atoms with van der Waals surface area (Å²) in [5.41, 5.74) is 4.96. The predicted octanol–water partition coefficient (Wildman–Crippen LogP) is 6.12. The van der Waals surface area contributed by atoms with Crippen LogP contribution >= 0.6 is 0 Å². The fourth-order valence-corrected chi connectivity index (χ4v) is 7.15. The molecule has 0 aromatic carbocycles. The molecule has 0 aromatic rings. The van der Waals surface area contributed by atoms with Gasteiger partial charge in [0.1, 0.15) is 0 Å². The van der Waals surface area contributed by atoms with E-state index in [1.807, 2.05) is 5.57 Å². The highest BCUT2D eigenvalue weighted by atomic mass is 14.7. The lowest BCUT2D eigenvalue weighted by Gasteiger charge is -2.55. The van der Waals surface area contributed by atoms with Crippen molar-refractivity contribution in [1.82, 2.24) is 0 Å². The Bertz CT molecular complexity index is 435. The van der Waals surface area contributed by atoms with Crippen LogP contribution in [0.5, 0.6) is 0 Å². The van der Waals surface area contributed by atoms with Gasteiger partial charge < -0.3 is 0 Å².